The fraction of sp³-hybridized carbons (Fsp3) is 0.429. The van der Waals surface area contributed by atoms with Crippen molar-refractivity contribution in [3.8, 4) is 0 Å². The van der Waals surface area contributed by atoms with Crippen LogP contribution in [-0.4, -0.2) is 24.9 Å². The smallest absolute Gasteiger partial charge is 0.253 e. The molecule has 0 aliphatic rings. The van der Waals surface area contributed by atoms with Gasteiger partial charge in [0.05, 0.1) is 17.3 Å². The Morgan fingerprint density at radius 3 is 2.47 bits per heavy atom. The van der Waals surface area contributed by atoms with E-state index in [1.165, 1.54) is 0 Å². The van der Waals surface area contributed by atoms with Gasteiger partial charge in [0.25, 0.3) is 5.91 Å². The molecular formula is C14H21N3O2. The van der Waals surface area contributed by atoms with Crippen molar-refractivity contribution in [2.24, 2.45) is 11.7 Å². The SMILES string of the molecule is CNC(=O)c1ccccc1NC(=O)[C@@H](N)CC(C)C. The average Bonchev–Trinajstić information content (AvgIpc) is 2.37. The van der Waals surface area contributed by atoms with Crippen LogP contribution in [-0.2, 0) is 4.79 Å². The van der Waals surface area contributed by atoms with E-state index in [1.807, 2.05) is 13.8 Å². The summed E-state index contributed by atoms with van der Waals surface area (Å²) in [5, 5.41) is 5.24. The minimum atomic E-state index is -0.572. The topological polar surface area (TPSA) is 84.2 Å². The second-order valence-corrected chi connectivity index (χ2v) is 4.85. The van der Waals surface area contributed by atoms with E-state index in [-0.39, 0.29) is 11.8 Å². The Balaban J connectivity index is 2.82. The predicted molar refractivity (Wildman–Crippen MR) is 75.9 cm³/mol. The molecule has 0 fully saturated rings. The lowest BCUT2D eigenvalue weighted by Crippen LogP contribution is -2.37. The summed E-state index contributed by atoms with van der Waals surface area (Å²) in [6, 6.07) is 6.27. The van der Waals surface area contributed by atoms with Crippen molar-refractivity contribution in [2.75, 3.05) is 12.4 Å². The Bertz CT molecular complexity index is 458. The standard InChI is InChI=1S/C14H21N3O2/c1-9(2)8-11(15)14(19)17-12-7-5-4-6-10(12)13(18)16-3/h4-7,9,11H,8,15H2,1-3H3,(H,16,18)(H,17,19)/t11-/m0/s1. The predicted octanol–water partition coefficient (Wildman–Crippen LogP) is 1.36. The summed E-state index contributed by atoms with van der Waals surface area (Å²) in [5.74, 6) is -0.173. The second-order valence-electron chi connectivity index (χ2n) is 4.85. The largest absolute Gasteiger partial charge is 0.355 e. The van der Waals surface area contributed by atoms with Gasteiger partial charge in [-0.05, 0) is 24.5 Å². The Morgan fingerprint density at radius 1 is 1.26 bits per heavy atom. The van der Waals surface area contributed by atoms with E-state index in [0.717, 1.165) is 0 Å². The number of hydrogen-bond donors (Lipinski definition) is 3. The normalized spacial score (nSPS) is 12.1. The molecule has 2 amide bonds. The highest BCUT2D eigenvalue weighted by atomic mass is 16.2. The van der Waals surface area contributed by atoms with E-state index in [2.05, 4.69) is 10.6 Å². The molecule has 1 aromatic rings. The Morgan fingerprint density at radius 2 is 1.89 bits per heavy atom. The van der Waals surface area contributed by atoms with Gasteiger partial charge in [0.2, 0.25) is 5.91 Å². The van der Waals surface area contributed by atoms with Crippen molar-refractivity contribution < 1.29 is 9.59 Å². The summed E-state index contributed by atoms with van der Waals surface area (Å²) in [6.45, 7) is 4.01. The molecule has 0 aromatic heterocycles. The Hall–Kier alpha value is -1.88. The summed E-state index contributed by atoms with van der Waals surface area (Å²) in [6.07, 6.45) is 0.605. The first-order valence-electron chi connectivity index (χ1n) is 6.33. The molecule has 1 atom stereocenters. The number of nitrogens with two attached hydrogens (primary N) is 1. The zero-order chi connectivity index (χ0) is 14.4. The maximum Gasteiger partial charge on any atom is 0.253 e. The van der Waals surface area contributed by atoms with Gasteiger partial charge < -0.3 is 16.4 Å². The molecule has 0 saturated heterocycles. The number of amides is 2. The van der Waals surface area contributed by atoms with Crippen LogP contribution in [0.3, 0.4) is 0 Å². The van der Waals surface area contributed by atoms with E-state index in [1.54, 1.807) is 31.3 Å². The molecule has 104 valence electrons. The van der Waals surface area contributed by atoms with Gasteiger partial charge >= 0.3 is 0 Å². The molecule has 0 aliphatic carbocycles. The Labute approximate surface area is 113 Å². The van der Waals surface area contributed by atoms with Crippen molar-refractivity contribution in [2.45, 2.75) is 26.3 Å². The number of carbonyl (C=O) groups excluding carboxylic acids is 2. The van der Waals surface area contributed by atoms with Gasteiger partial charge in [0, 0.05) is 7.05 Å². The number of carbonyl (C=O) groups is 2. The van der Waals surface area contributed by atoms with Gasteiger partial charge in [-0.1, -0.05) is 26.0 Å². The van der Waals surface area contributed by atoms with Crippen LogP contribution in [0.5, 0.6) is 0 Å². The molecule has 5 nitrogen and oxygen atoms in total. The number of nitrogens with one attached hydrogen (secondary N) is 2. The fourth-order valence-electron chi connectivity index (χ4n) is 1.77. The molecule has 0 heterocycles. The first-order valence-corrected chi connectivity index (χ1v) is 6.33. The zero-order valence-corrected chi connectivity index (χ0v) is 11.6. The first-order chi connectivity index (χ1) is 8.95. The molecule has 0 aliphatic heterocycles. The quantitative estimate of drug-likeness (QED) is 0.750. The van der Waals surface area contributed by atoms with Crippen LogP contribution < -0.4 is 16.4 Å². The first kappa shape index (κ1) is 15.2. The van der Waals surface area contributed by atoms with E-state index in [9.17, 15) is 9.59 Å². The van der Waals surface area contributed by atoms with Crippen molar-refractivity contribution in [3.05, 3.63) is 29.8 Å². The van der Waals surface area contributed by atoms with Crippen LogP contribution in [0.4, 0.5) is 5.69 Å². The monoisotopic (exact) mass is 263 g/mol. The van der Waals surface area contributed by atoms with Gasteiger partial charge in [0.15, 0.2) is 0 Å². The van der Waals surface area contributed by atoms with Gasteiger partial charge in [-0.3, -0.25) is 9.59 Å². The second kappa shape index (κ2) is 6.89. The molecule has 0 spiro atoms. The molecule has 0 radical (unpaired) electrons. The maximum atomic E-state index is 11.9. The van der Waals surface area contributed by atoms with Crippen molar-refractivity contribution >= 4 is 17.5 Å². The highest BCUT2D eigenvalue weighted by Crippen LogP contribution is 2.15. The van der Waals surface area contributed by atoms with Crippen molar-refractivity contribution in [1.82, 2.24) is 5.32 Å². The van der Waals surface area contributed by atoms with E-state index in [4.69, 9.17) is 5.73 Å². The molecule has 0 saturated carbocycles. The van der Waals surface area contributed by atoms with Gasteiger partial charge in [-0.2, -0.15) is 0 Å². The third kappa shape index (κ3) is 4.37. The summed E-state index contributed by atoms with van der Waals surface area (Å²) in [4.78, 5) is 23.6. The van der Waals surface area contributed by atoms with Crippen LogP contribution in [0, 0.1) is 5.92 Å². The summed E-state index contributed by atoms with van der Waals surface area (Å²) in [5.41, 5.74) is 6.72. The lowest BCUT2D eigenvalue weighted by molar-refractivity contribution is -0.117. The number of benzene rings is 1. The minimum absolute atomic E-state index is 0.242. The van der Waals surface area contributed by atoms with Gasteiger partial charge in [-0.15, -0.1) is 0 Å². The van der Waals surface area contributed by atoms with Crippen LogP contribution in [0.2, 0.25) is 0 Å². The molecule has 19 heavy (non-hydrogen) atoms. The molecule has 1 rings (SSSR count). The molecular weight excluding hydrogens is 242 g/mol. The van der Waals surface area contributed by atoms with Crippen LogP contribution in [0.25, 0.3) is 0 Å². The molecule has 1 aromatic carbocycles. The van der Waals surface area contributed by atoms with Gasteiger partial charge in [0.1, 0.15) is 0 Å². The van der Waals surface area contributed by atoms with E-state index < -0.39 is 6.04 Å². The molecule has 5 heteroatoms. The summed E-state index contributed by atoms with van der Waals surface area (Å²) >= 11 is 0. The summed E-state index contributed by atoms with van der Waals surface area (Å²) in [7, 11) is 1.55. The maximum absolute atomic E-state index is 11.9. The highest BCUT2D eigenvalue weighted by Gasteiger charge is 2.17. The van der Waals surface area contributed by atoms with Gasteiger partial charge in [-0.25, -0.2) is 0 Å². The van der Waals surface area contributed by atoms with Crippen LogP contribution in [0.1, 0.15) is 30.6 Å². The number of hydrogen-bond acceptors (Lipinski definition) is 3. The number of rotatable bonds is 5. The Kier molecular flexibility index (Phi) is 5.51. The lowest BCUT2D eigenvalue weighted by Gasteiger charge is -2.15. The minimum Gasteiger partial charge on any atom is -0.355 e. The van der Waals surface area contributed by atoms with Crippen LogP contribution in [0.15, 0.2) is 24.3 Å². The third-order valence-corrected chi connectivity index (χ3v) is 2.72. The molecule has 4 N–H and O–H groups in total. The number of anilines is 1. The fourth-order valence-corrected chi connectivity index (χ4v) is 1.77. The molecule has 0 unspecified atom stereocenters. The lowest BCUT2D eigenvalue weighted by atomic mass is 10.0. The van der Waals surface area contributed by atoms with Crippen LogP contribution >= 0.6 is 0 Å². The third-order valence-electron chi connectivity index (χ3n) is 2.72. The summed E-state index contributed by atoms with van der Waals surface area (Å²) < 4.78 is 0. The van der Waals surface area contributed by atoms with E-state index >= 15 is 0 Å². The number of para-hydroxylation sites is 1. The van der Waals surface area contributed by atoms with Crippen molar-refractivity contribution in [1.29, 1.82) is 0 Å². The average molecular weight is 263 g/mol. The zero-order valence-electron chi connectivity index (χ0n) is 11.6. The van der Waals surface area contributed by atoms with Crippen molar-refractivity contribution in [3.63, 3.8) is 0 Å². The molecule has 0 bridgehead atoms. The highest BCUT2D eigenvalue weighted by molar-refractivity contribution is 6.04. The van der Waals surface area contributed by atoms with E-state index in [0.29, 0.717) is 23.6 Å².